The first-order chi connectivity index (χ1) is 29.3. The lowest BCUT2D eigenvalue weighted by molar-refractivity contribution is 0.677. The second-order valence-corrected chi connectivity index (χ2v) is 16.4. The molecule has 0 atom stereocenters. The molecule has 13 rings (SSSR count). The molecule has 5 heteroatoms. The van der Waals surface area contributed by atoms with Crippen molar-refractivity contribution in [3.05, 3.63) is 200 Å². The molecule has 9 aromatic carbocycles. The van der Waals surface area contributed by atoms with Gasteiger partial charge in [0.05, 0.1) is 32.8 Å². The van der Waals surface area contributed by atoms with E-state index in [4.69, 9.17) is 4.42 Å². The van der Waals surface area contributed by atoms with E-state index in [0.29, 0.717) is 0 Å². The summed E-state index contributed by atoms with van der Waals surface area (Å²) < 4.78 is 14.5. The summed E-state index contributed by atoms with van der Waals surface area (Å²) in [4.78, 5) is 2.34. The summed E-state index contributed by atoms with van der Waals surface area (Å²) in [7, 11) is 0. The number of para-hydroxylation sites is 5. The van der Waals surface area contributed by atoms with Crippen molar-refractivity contribution in [3.8, 4) is 11.4 Å². The molecule has 59 heavy (non-hydrogen) atoms. The van der Waals surface area contributed by atoms with Gasteiger partial charge in [0.2, 0.25) is 0 Å². The predicted octanol–water partition coefficient (Wildman–Crippen LogP) is 15.6. The van der Waals surface area contributed by atoms with Crippen LogP contribution in [0.25, 0.3) is 97.1 Å². The Morgan fingerprint density at radius 1 is 0.339 bits per heavy atom. The first-order valence-corrected chi connectivity index (χ1v) is 20.8. The number of thiophene rings is 1. The van der Waals surface area contributed by atoms with Gasteiger partial charge in [0.15, 0.2) is 0 Å². The zero-order valence-corrected chi connectivity index (χ0v) is 32.5. The van der Waals surface area contributed by atoms with Crippen molar-refractivity contribution in [1.29, 1.82) is 0 Å². The largest absolute Gasteiger partial charge is 0.455 e. The number of benzene rings is 9. The van der Waals surface area contributed by atoms with E-state index in [0.717, 1.165) is 77.7 Å². The molecule has 4 nitrogen and oxygen atoms in total. The second kappa shape index (κ2) is 12.4. The van der Waals surface area contributed by atoms with Crippen molar-refractivity contribution in [1.82, 2.24) is 9.13 Å². The number of fused-ring (bicyclic) bond motifs is 14. The van der Waals surface area contributed by atoms with E-state index < -0.39 is 0 Å². The molecule has 0 bridgehead atoms. The number of anilines is 3. The predicted molar refractivity (Wildman–Crippen MR) is 250 cm³/mol. The van der Waals surface area contributed by atoms with E-state index in [1.165, 1.54) is 36.5 Å². The average molecular weight is 772 g/mol. The van der Waals surface area contributed by atoms with Gasteiger partial charge >= 0.3 is 0 Å². The molecule has 0 saturated carbocycles. The summed E-state index contributed by atoms with van der Waals surface area (Å²) in [6.07, 6.45) is 0. The highest BCUT2D eigenvalue weighted by Crippen LogP contribution is 2.46. The minimum atomic E-state index is 0.921. The van der Waals surface area contributed by atoms with E-state index >= 15 is 0 Å². The molecule has 0 saturated heterocycles. The normalized spacial score (nSPS) is 12.1. The Bertz CT molecular complexity index is 3740. The Hall–Kier alpha value is -7.60. The van der Waals surface area contributed by atoms with Crippen molar-refractivity contribution >= 4 is 114 Å². The molecule has 0 N–H and O–H groups in total. The second-order valence-electron chi connectivity index (χ2n) is 15.3. The van der Waals surface area contributed by atoms with Crippen LogP contribution in [0.5, 0.6) is 0 Å². The minimum Gasteiger partial charge on any atom is -0.455 e. The van der Waals surface area contributed by atoms with Crippen LogP contribution in [-0.4, -0.2) is 9.13 Å². The maximum atomic E-state index is 7.19. The Morgan fingerprint density at radius 3 is 1.42 bits per heavy atom. The van der Waals surface area contributed by atoms with Crippen molar-refractivity contribution in [2.75, 3.05) is 4.90 Å². The van der Waals surface area contributed by atoms with Crippen LogP contribution in [-0.2, 0) is 0 Å². The summed E-state index contributed by atoms with van der Waals surface area (Å²) in [6, 6.07) is 72.2. The maximum absolute atomic E-state index is 7.19. The number of furan rings is 1. The molecule has 0 radical (unpaired) electrons. The third kappa shape index (κ3) is 4.71. The molecule has 4 heterocycles. The Kier molecular flexibility index (Phi) is 6.85. The maximum Gasteiger partial charge on any atom is 0.145 e. The highest BCUT2D eigenvalue weighted by atomic mass is 32.1. The van der Waals surface area contributed by atoms with Gasteiger partial charge < -0.3 is 18.5 Å². The van der Waals surface area contributed by atoms with Crippen molar-refractivity contribution < 1.29 is 4.42 Å². The molecule has 13 aromatic rings. The fourth-order valence-electron chi connectivity index (χ4n) is 9.56. The van der Waals surface area contributed by atoms with Crippen LogP contribution in [0.3, 0.4) is 0 Å². The lowest BCUT2D eigenvalue weighted by Crippen LogP contribution is -2.09. The van der Waals surface area contributed by atoms with E-state index in [2.05, 4.69) is 214 Å². The first-order valence-electron chi connectivity index (χ1n) is 20.0. The van der Waals surface area contributed by atoms with Gasteiger partial charge in [0.25, 0.3) is 0 Å². The van der Waals surface area contributed by atoms with Crippen LogP contribution < -0.4 is 4.90 Å². The molecule has 276 valence electrons. The van der Waals surface area contributed by atoms with Gasteiger partial charge in [0.1, 0.15) is 11.2 Å². The quantitative estimate of drug-likeness (QED) is 0.174. The molecule has 0 fully saturated rings. The number of hydrogen-bond acceptors (Lipinski definition) is 3. The summed E-state index contributed by atoms with van der Waals surface area (Å²) in [6.45, 7) is 0. The van der Waals surface area contributed by atoms with E-state index in [1.807, 2.05) is 11.3 Å². The summed E-state index contributed by atoms with van der Waals surface area (Å²) in [5.74, 6) is 0. The third-order valence-electron chi connectivity index (χ3n) is 12.1. The molecule has 0 amide bonds. The van der Waals surface area contributed by atoms with Crippen LogP contribution in [0.2, 0.25) is 0 Å². The van der Waals surface area contributed by atoms with Crippen molar-refractivity contribution in [3.63, 3.8) is 0 Å². The van der Waals surface area contributed by atoms with Crippen LogP contribution in [0.1, 0.15) is 0 Å². The molecular weight excluding hydrogens is 739 g/mol. The average Bonchev–Trinajstić information content (AvgIpc) is 4.05. The van der Waals surface area contributed by atoms with Crippen LogP contribution in [0.4, 0.5) is 17.1 Å². The van der Waals surface area contributed by atoms with E-state index in [1.54, 1.807) is 0 Å². The zero-order valence-electron chi connectivity index (χ0n) is 31.7. The van der Waals surface area contributed by atoms with Crippen LogP contribution in [0, 0.1) is 0 Å². The number of nitrogens with zero attached hydrogens (tertiary/aromatic N) is 3. The Balaban J connectivity index is 1.04. The minimum absolute atomic E-state index is 0.921. The van der Waals surface area contributed by atoms with Gasteiger partial charge in [-0.05, 0) is 109 Å². The number of hydrogen-bond donors (Lipinski definition) is 0. The summed E-state index contributed by atoms with van der Waals surface area (Å²) >= 11 is 1.85. The van der Waals surface area contributed by atoms with Gasteiger partial charge in [-0.1, -0.05) is 91.0 Å². The lowest BCUT2D eigenvalue weighted by atomic mass is 10.1. The summed E-state index contributed by atoms with van der Waals surface area (Å²) in [5.41, 5.74) is 12.1. The third-order valence-corrected chi connectivity index (χ3v) is 13.2. The van der Waals surface area contributed by atoms with Crippen LogP contribution >= 0.6 is 11.3 Å². The van der Waals surface area contributed by atoms with E-state index in [9.17, 15) is 0 Å². The Morgan fingerprint density at radius 2 is 0.831 bits per heavy atom. The Labute approximate surface area is 342 Å². The van der Waals surface area contributed by atoms with Gasteiger partial charge in [0, 0.05) is 70.2 Å². The molecule has 0 unspecified atom stereocenters. The molecule has 0 spiro atoms. The number of rotatable bonds is 5. The van der Waals surface area contributed by atoms with Crippen molar-refractivity contribution in [2.45, 2.75) is 0 Å². The lowest BCUT2D eigenvalue weighted by Gasteiger charge is -2.25. The monoisotopic (exact) mass is 771 g/mol. The highest BCUT2D eigenvalue weighted by molar-refractivity contribution is 7.25. The van der Waals surface area contributed by atoms with Gasteiger partial charge in [-0.15, -0.1) is 11.3 Å². The summed E-state index contributed by atoms with van der Waals surface area (Å²) in [5, 5.41) is 9.39. The fourth-order valence-corrected chi connectivity index (χ4v) is 10.6. The fraction of sp³-hybridized carbons (Fsp3) is 0. The zero-order chi connectivity index (χ0) is 38.6. The molecule has 0 aliphatic rings. The number of aromatic nitrogens is 2. The van der Waals surface area contributed by atoms with Crippen LogP contribution in [0.15, 0.2) is 205 Å². The first kappa shape index (κ1) is 32.5. The van der Waals surface area contributed by atoms with Gasteiger partial charge in [-0.3, -0.25) is 0 Å². The van der Waals surface area contributed by atoms with Crippen molar-refractivity contribution in [2.24, 2.45) is 0 Å². The molecule has 4 aromatic heterocycles. The van der Waals surface area contributed by atoms with Gasteiger partial charge in [-0.2, -0.15) is 0 Å². The smallest absolute Gasteiger partial charge is 0.145 e. The van der Waals surface area contributed by atoms with E-state index in [-0.39, 0.29) is 0 Å². The van der Waals surface area contributed by atoms with Gasteiger partial charge in [-0.25, -0.2) is 0 Å². The SMILES string of the molecule is c1ccc(N(c2ccccc2)c2ccc3sc4ccc(-n5c6ccccc6c6c7oc8c(ccc9c8c8ccccc8n9-c8ccccc8)c7ccc65)cc4c3c2)cc1. The topological polar surface area (TPSA) is 26.2 Å². The highest BCUT2D eigenvalue weighted by Gasteiger charge is 2.23. The standard InChI is InChI=1S/C54H33N3OS/c1-4-14-34(15-5-1)55(35-16-6-2-7-17-35)37-24-30-49-43(32-37)44-33-38(25-31-50(44)59-49)57-46-23-13-11-21-42(46)52-48(57)29-27-40-39-26-28-47-51(53(39)58-54(40)52)41-20-10-12-22-45(41)56(47)36-18-8-3-9-19-36/h1-33H. The molecule has 0 aliphatic carbocycles. The molecular formula is C54H33N3OS. The molecule has 0 aliphatic heterocycles.